The van der Waals surface area contributed by atoms with Crippen molar-refractivity contribution in [1.29, 1.82) is 0 Å². The third-order valence-electron chi connectivity index (χ3n) is 3.74. The fourth-order valence-electron chi connectivity index (χ4n) is 2.57. The summed E-state index contributed by atoms with van der Waals surface area (Å²) in [4.78, 5) is 12.1. The minimum absolute atomic E-state index is 0.0528. The molecule has 3 rings (SSSR count). The van der Waals surface area contributed by atoms with Gasteiger partial charge in [-0.15, -0.1) is 0 Å². The Hall–Kier alpha value is -1.52. The molecule has 0 aromatic carbocycles. The second-order valence-electron chi connectivity index (χ2n) is 5.21. The van der Waals surface area contributed by atoms with Gasteiger partial charge < -0.3 is 24.8 Å². The Morgan fingerprint density at radius 2 is 2.23 bits per heavy atom. The number of ether oxygens (including phenoxy) is 2. The fourth-order valence-corrected chi connectivity index (χ4v) is 2.73. The zero-order chi connectivity index (χ0) is 16.1. The van der Waals surface area contributed by atoms with Gasteiger partial charge in [-0.3, -0.25) is 4.57 Å². The maximum Gasteiger partial charge on any atom is 0.246 e. The summed E-state index contributed by atoms with van der Waals surface area (Å²) in [5, 5.41) is 29.8. The lowest BCUT2D eigenvalue weighted by Crippen LogP contribution is -2.44. The summed E-state index contributed by atoms with van der Waals surface area (Å²) in [7, 11) is 1.42. The predicted octanol–water partition coefficient (Wildman–Crippen LogP) is -0.510. The van der Waals surface area contributed by atoms with Gasteiger partial charge in [-0.1, -0.05) is 0 Å². The van der Waals surface area contributed by atoms with Crippen LogP contribution in [0.2, 0.25) is 5.28 Å². The molecule has 10 heteroatoms. The van der Waals surface area contributed by atoms with Crippen molar-refractivity contribution in [2.75, 3.05) is 13.7 Å². The van der Waals surface area contributed by atoms with Crippen molar-refractivity contribution in [3.05, 3.63) is 11.6 Å². The minimum atomic E-state index is -1.65. The first kappa shape index (κ1) is 15.4. The lowest BCUT2D eigenvalue weighted by molar-refractivity contribution is -0.0950. The molecule has 0 saturated carbocycles. The van der Waals surface area contributed by atoms with Gasteiger partial charge in [-0.05, 0) is 18.5 Å². The maximum atomic E-state index is 10.5. The molecule has 0 radical (unpaired) electrons. The van der Waals surface area contributed by atoms with E-state index in [2.05, 4.69) is 15.0 Å². The molecule has 4 atom stereocenters. The van der Waals surface area contributed by atoms with Gasteiger partial charge in [0.25, 0.3) is 0 Å². The summed E-state index contributed by atoms with van der Waals surface area (Å²) in [6, 6.07) is 0. The Balaban J connectivity index is 2.13. The van der Waals surface area contributed by atoms with Gasteiger partial charge in [0.15, 0.2) is 17.4 Å². The second-order valence-corrected chi connectivity index (χ2v) is 5.54. The number of hydrogen-bond donors (Lipinski definition) is 3. The molecule has 0 unspecified atom stereocenters. The monoisotopic (exact) mass is 330 g/mol. The van der Waals surface area contributed by atoms with Gasteiger partial charge >= 0.3 is 0 Å². The number of imidazole rings is 1. The van der Waals surface area contributed by atoms with Gasteiger partial charge in [0.05, 0.1) is 20.0 Å². The van der Waals surface area contributed by atoms with Gasteiger partial charge in [0.2, 0.25) is 11.2 Å². The Morgan fingerprint density at radius 1 is 1.50 bits per heavy atom. The molecule has 0 bridgehead atoms. The van der Waals surface area contributed by atoms with E-state index in [0.717, 1.165) is 0 Å². The lowest BCUT2D eigenvalue weighted by Gasteiger charge is -2.27. The van der Waals surface area contributed by atoms with Crippen LogP contribution in [0.25, 0.3) is 11.2 Å². The molecule has 1 aliphatic heterocycles. The Bertz CT molecular complexity index is 706. The molecule has 2 aromatic heterocycles. The van der Waals surface area contributed by atoms with E-state index >= 15 is 0 Å². The van der Waals surface area contributed by atoms with Crippen LogP contribution in [-0.2, 0) is 4.74 Å². The first-order chi connectivity index (χ1) is 10.4. The Morgan fingerprint density at radius 3 is 2.82 bits per heavy atom. The number of aliphatic hydroxyl groups is 3. The smallest absolute Gasteiger partial charge is 0.246 e. The molecule has 1 fully saturated rings. The van der Waals surface area contributed by atoms with Crippen molar-refractivity contribution in [3.8, 4) is 5.88 Å². The van der Waals surface area contributed by atoms with E-state index in [9.17, 15) is 15.3 Å². The molecule has 9 nitrogen and oxygen atoms in total. The highest BCUT2D eigenvalue weighted by Gasteiger charge is 2.53. The molecule has 22 heavy (non-hydrogen) atoms. The molecule has 1 saturated heterocycles. The summed E-state index contributed by atoms with van der Waals surface area (Å²) in [6.45, 7) is 0.976. The Labute approximate surface area is 130 Å². The molecular formula is C12H15ClN4O5. The number of aromatic nitrogens is 4. The molecule has 0 amide bonds. The van der Waals surface area contributed by atoms with Gasteiger partial charge in [-0.25, -0.2) is 4.98 Å². The van der Waals surface area contributed by atoms with Crippen molar-refractivity contribution in [2.24, 2.45) is 0 Å². The zero-order valence-corrected chi connectivity index (χ0v) is 12.6. The molecule has 0 spiro atoms. The van der Waals surface area contributed by atoms with Crippen molar-refractivity contribution in [3.63, 3.8) is 0 Å². The first-order valence-electron chi connectivity index (χ1n) is 6.51. The topological polar surface area (TPSA) is 123 Å². The first-order valence-corrected chi connectivity index (χ1v) is 6.88. The molecule has 120 valence electrons. The van der Waals surface area contributed by atoms with E-state index in [4.69, 9.17) is 21.1 Å². The quantitative estimate of drug-likeness (QED) is 0.643. The molecule has 3 heterocycles. The van der Waals surface area contributed by atoms with Gasteiger partial charge in [0, 0.05) is 0 Å². The third kappa shape index (κ3) is 2.13. The van der Waals surface area contributed by atoms with Crippen LogP contribution < -0.4 is 4.74 Å². The number of aliphatic hydroxyl groups excluding tert-OH is 2. The van der Waals surface area contributed by atoms with Crippen molar-refractivity contribution in [1.82, 2.24) is 19.5 Å². The van der Waals surface area contributed by atoms with E-state index in [1.165, 1.54) is 24.9 Å². The van der Waals surface area contributed by atoms with Crippen LogP contribution in [0, 0.1) is 0 Å². The van der Waals surface area contributed by atoms with E-state index in [0.29, 0.717) is 5.52 Å². The van der Waals surface area contributed by atoms with Crippen LogP contribution >= 0.6 is 11.6 Å². The van der Waals surface area contributed by atoms with Gasteiger partial charge in [-0.2, -0.15) is 9.97 Å². The average Bonchev–Trinajstić information content (AvgIpc) is 2.98. The van der Waals surface area contributed by atoms with Crippen LogP contribution in [0.1, 0.15) is 13.2 Å². The summed E-state index contributed by atoms with van der Waals surface area (Å²) in [5.74, 6) is 0.186. The van der Waals surface area contributed by atoms with Crippen molar-refractivity contribution < 1.29 is 24.8 Å². The van der Waals surface area contributed by atoms with Gasteiger partial charge in [0.1, 0.15) is 17.8 Å². The molecular weight excluding hydrogens is 316 g/mol. The molecule has 2 aromatic rings. The summed E-state index contributed by atoms with van der Waals surface area (Å²) < 4.78 is 12.0. The van der Waals surface area contributed by atoms with E-state index in [-0.39, 0.29) is 16.8 Å². The normalized spacial score (nSPS) is 31.8. The number of methoxy groups -OCH3 is 1. The molecule has 0 aliphatic carbocycles. The predicted molar refractivity (Wildman–Crippen MR) is 74.5 cm³/mol. The van der Waals surface area contributed by atoms with Crippen LogP contribution in [0.5, 0.6) is 5.88 Å². The van der Waals surface area contributed by atoms with E-state index in [1.54, 1.807) is 0 Å². The largest absolute Gasteiger partial charge is 0.479 e. The molecule has 1 aliphatic rings. The highest BCUT2D eigenvalue weighted by atomic mass is 35.5. The highest BCUT2D eigenvalue weighted by molar-refractivity contribution is 6.28. The van der Waals surface area contributed by atoms with Crippen LogP contribution in [0.3, 0.4) is 0 Å². The van der Waals surface area contributed by atoms with E-state index in [1.807, 2.05) is 0 Å². The standard InChI is InChI=1S/C12H15ClN4O5/c1-12(20)7(19)5(3-18)22-10(12)17-4-14-6-8(17)15-11(13)16-9(6)21-2/h4-5,7,10,18-20H,3H2,1-2H3/t5-,7-,10-,12-/m1/s1. The summed E-state index contributed by atoms with van der Waals surface area (Å²) in [6.07, 6.45) is -1.81. The van der Waals surface area contributed by atoms with Crippen molar-refractivity contribution in [2.45, 2.75) is 31.0 Å². The average molecular weight is 331 g/mol. The van der Waals surface area contributed by atoms with Crippen molar-refractivity contribution >= 4 is 22.8 Å². The van der Waals surface area contributed by atoms with Crippen LogP contribution in [-0.4, -0.2) is 66.4 Å². The second kappa shape index (κ2) is 5.28. The van der Waals surface area contributed by atoms with Crippen LogP contribution in [0.4, 0.5) is 0 Å². The summed E-state index contributed by atoms with van der Waals surface area (Å²) in [5.41, 5.74) is -1.02. The number of halogens is 1. The number of fused-ring (bicyclic) bond motifs is 1. The van der Waals surface area contributed by atoms with E-state index < -0.39 is 30.6 Å². The minimum Gasteiger partial charge on any atom is -0.479 e. The Kier molecular flexibility index (Phi) is 3.69. The molecule has 3 N–H and O–H groups in total. The third-order valence-corrected chi connectivity index (χ3v) is 3.91. The zero-order valence-electron chi connectivity index (χ0n) is 11.8. The fraction of sp³-hybridized carbons (Fsp3) is 0.583. The number of hydrogen-bond acceptors (Lipinski definition) is 8. The van der Waals surface area contributed by atoms with Crippen LogP contribution in [0.15, 0.2) is 6.33 Å². The highest BCUT2D eigenvalue weighted by Crippen LogP contribution is 2.39. The maximum absolute atomic E-state index is 10.5. The number of rotatable bonds is 3. The lowest BCUT2D eigenvalue weighted by atomic mass is 9.96. The summed E-state index contributed by atoms with van der Waals surface area (Å²) >= 11 is 5.86. The SMILES string of the molecule is COc1nc(Cl)nc2c1ncn2[C@@H]1O[C@H](CO)[C@@H](O)[C@@]1(C)O. The number of nitrogens with zero attached hydrogens (tertiary/aromatic N) is 4.